The van der Waals surface area contributed by atoms with Crippen molar-refractivity contribution >= 4 is 21.4 Å². The lowest BCUT2D eigenvalue weighted by Crippen LogP contribution is -1.88. The van der Waals surface area contributed by atoms with Crippen LogP contribution in [0, 0.1) is 0 Å². The molecule has 0 N–H and O–H groups in total. The van der Waals surface area contributed by atoms with E-state index in [1.807, 2.05) is 16.7 Å². The van der Waals surface area contributed by atoms with Gasteiger partial charge in [0.2, 0.25) is 0 Å². The van der Waals surface area contributed by atoms with E-state index < -0.39 is 0 Å². The SMILES string of the molecule is COc1cc(Br)cn2cncc12. The molecule has 4 heteroatoms. The van der Waals surface area contributed by atoms with Gasteiger partial charge in [-0.05, 0) is 22.0 Å². The predicted molar refractivity (Wildman–Crippen MR) is 49.4 cm³/mol. The van der Waals surface area contributed by atoms with Gasteiger partial charge in [0, 0.05) is 10.7 Å². The standard InChI is InChI=1S/C8H7BrN2O/c1-12-8-2-6(9)4-11-5-10-3-7(8)11/h2-5H,1H3. The Morgan fingerprint density at radius 3 is 3.17 bits per heavy atom. The predicted octanol–water partition coefficient (Wildman–Crippen LogP) is 2.11. The summed E-state index contributed by atoms with van der Waals surface area (Å²) >= 11 is 3.38. The monoisotopic (exact) mass is 226 g/mol. The summed E-state index contributed by atoms with van der Waals surface area (Å²) < 4.78 is 8.06. The van der Waals surface area contributed by atoms with Crippen molar-refractivity contribution in [1.82, 2.24) is 9.38 Å². The molecule has 2 aromatic rings. The van der Waals surface area contributed by atoms with Crippen molar-refractivity contribution in [2.24, 2.45) is 0 Å². The minimum Gasteiger partial charge on any atom is -0.494 e. The van der Waals surface area contributed by atoms with Gasteiger partial charge in [-0.25, -0.2) is 4.98 Å². The molecule has 2 aromatic heterocycles. The van der Waals surface area contributed by atoms with E-state index in [0.29, 0.717) is 0 Å². The quantitative estimate of drug-likeness (QED) is 0.745. The van der Waals surface area contributed by atoms with Crippen LogP contribution in [0.5, 0.6) is 5.75 Å². The molecule has 0 aliphatic carbocycles. The summed E-state index contributed by atoms with van der Waals surface area (Å²) in [4.78, 5) is 4.01. The van der Waals surface area contributed by atoms with Crippen LogP contribution in [0.4, 0.5) is 0 Å². The first-order chi connectivity index (χ1) is 5.81. The fraction of sp³-hybridized carbons (Fsp3) is 0.125. The smallest absolute Gasteiger partial charge is 0.145 e. The Hall–Kier alpha value is -1.03. The number of hydrogen-bond donors (Lipinski definition) is 0. The maximum absolute atomic E-state index is 5.18. The molecule has 0 radical (unpaired) electrons. The zero-order valence-electron chi connectivity index (χ0n) is 6.49. The highest BCUT2D eigenvalue weighted by molar-refractivity contribution is 9.10. The van der Waals surface area contributed by atoms with Crippen LogP contribution >= 0.6 is 15.9 Å². The van der Waals surface area contributed by atoms with Crippen molar-refractivity contribution in [2.45, 2.75) is 0 Å². The summed E-state index contributed by atoms with van der Waals surface area (Å²) in [5, 5.41) is 0. The van der Waals surface area contributed by atoms with Crippen LogP contribution in [0.2, 0.25) is 0 Å². The first-order valence-electron chi connectivity index (χ1n) is 3.46. The lowest BCUT2D eigenvalue weighted by atomic mass is 10.4. The van der Waals surface area contributed by atoms with Crippen LogP contribution < -0.4 is 4.74 Å². The molecule has 0 unspecified atom stereocenters. The third kappa shape index (κ3) is 1.08. The van der Waals surface area contributed by atoms with E-state index in [1.54, 1.807) is 19.6 Å². The second-order valence-corrected chi connectivity index (χ2v) is 3.33. The molecule has 12 heavy (non-hydrogen) atoms. The number of halogens is 1. The Labute approximate surface area is 78.1 Å². The molecule has 0 spiro atoms. The number of hydrogen-bond acceptors (Lipinski definition) is 2. The summed E-state index contributed by atoms with van der Waals surface area (Å²) in [5.74, 6) is 0.821. The van der Waals surface area contributed by atoms with E-state index in [4.69, 9.17) is 4.74 Å². The number of fused-ring (bicyclic) bond motifs is 1. The van der Waals surface area contributed by atoms with Crippen molar-refractivity contribution < 1.29 is 4.74 Å². The summed E-state index contributed by atoms with van der Waals surface area (Å²) in [6.45, 7) is 0. The van der Waals surface area contributed by atoms with Crippen LogP contribution in [0.3, 0.4) is 0 Å². The number of nitrogens with zero attached hydrogens (tertiary/aromatic N) is 2. The lowest BCUT2D eigenvalue weighted by Gasteiger charge is -2.02. The average molecular weight is 227 g/mol. The van der Waals surface area contributed by atoms with Crippen LogP contribution in [0.15, 0.2) is 29.3 Å². The van der Waals surface area contributed by atoms with E-state index in [1.165, 1.54) is 0 Å². The minimum absolute atomic E-state index is 0.821. The highest BCUT2D eigenvalue weighted by Crippen LogP contribution is 2.23. The van der Waals surface area contributed by atoms with Crippen molar-refractivity contribution in [3.8, 4) is 5.75 Å². The molecule has 0 saturated carbocycles. The minimum atomic E-state index is 0.821. The number of rotatable bonds is 1. The molecule has 0 bridgehead atoms. The summed E-state index contributed by atoms with van der Waals surface area (Å²) in [6.07, 6.45) is 5.44. The number of aromatic nitrogens is 2. The summed E-state index contributed by atoms with van der Waals surface area (Å²) in [6, 6.07) is 1.91. The van der Waals surface area contributed by atoms with Crippen LogP contribution in [0.1, 0.15) is 0 Å². The van der Waals surface area contributed by atoms with Gasteiger partial charge in [0.25, 0.3) is 0 Å². The molecule has 0 aromatic carbocycles. The topological polar surface area (TPSA) is 26.5 Å². The fourth-order valence-corrected chi connectivity index (χ4v) is 1.56. The number of methoxy groups -OCH3 is 1. The highest BCUT2D eigenvalue weighted by atomic mass is 79.9. The molecular weight excluding hydrogens is 220 g/mol. The third-order valence-electron chi connectivity index (χ3n) is 1.67. The zero-order valence-corrected chi connectivity index (χ0v) is 8.08. The highest BCUT2D eigenvalue weighted by Gasteiger charge is 2.02. The van der Waals surface area contributed by atoms with Crippen LogP contribution in [0.25, 0.3) is 5.52 Å². The lowest BCUT2D eigenvalue weighted by molar-refractivity contribution is 0.417. The van der Waals surface area contributed by atoms with Gasteiger partial charge in [-0.15, -0.1) is 0 Å². The van der Waals surface area contributed by atoms with Crippen LogP contribution in [-0.4, -0.2) is 16.5 Å². The maximum Gasteiger partial charge on any atom is 0.145 e. The molecule has 3 nitrogen and oxygen atoms in total. The molecule has 0 aliphatic heterocycles. The summed E-state index contributed by atoms with van der Waals surface area (Å²) in [5.41, 5.74) is 0.973. The molecule has 2 rings (SSSR count). The maximum atomic E-state index is 5.18. The van der Waals surface area contributed by atoms with E-state index in [9.17, 15) is 0 Å². The van der Waals surface area contributed by atoms with Crippen LogP contribution in [-0.2, 0) is 0 Å². The van der Waals surface area contributed by atoms with Gasteiger partial charge in [0.05, 0.1) is 19.6 Å². The molecule has 0 saturated heterocycles. The third-order valence-corrected chi connectivity index (χ3v) is 2.10. The molecule has 0 atom stereocenters. The van der Waals surface area contributed by atoms with Gasteiger partial charge in [-0.2, -0.15) is 0 Å². The van der Waals surface area contributed by atoms with Crippen molar-refractivity contribution in [3.63, 3.8) is 0 Å². The number of ether oxygens (including phenoxy) is 1. The Kier molecular flexibility index (Phi) is 1.77. The number of imidazole rings is 1. The second kappa shape index (κ2) is 2.79. The normalized spacial score (nSPS) is 10.5. The van der Waals surface area contributed by atoms with Gasteiger partial charge >= 0.3 is 0 Å². The molecule has 0 fully saturated rings. The van der Waals surface area contributed by atoms with E-state index in [2.05, 4.69) is 20.9 Å². The van der Waals surface area contributed by atoms with E-state index in [-0.39, 0.29) is 0 Å². The van der Waals surface area contributed by atoms with Gasteiger partial charge in [-0.1, -0.05) is 0 Å². The van der Waals surface area contributed by atoms with E-state index in [0.717, 1.165) is 15.7 Å². The van der Waals surface area contributed by atoms with Crippen molar-refractivity contribution in [1.29, 1.82) is 0 Å². The molecule has 0 amide bonds. The Bertz CT molecular complexity index is 410. The second-order valence-electron chi connectivity index (χ2n) is 2.41. The first kappa shape index (κ1) is 7.61. The molecular formula is C8H7BrN2O. The Morgan fingerprint density at radius 2 is 2.42 bits per heavy atom. The van der Waals surface area contributed by atoms with Crippen molar-refractivity contribution in [3.05, 3.63) is 29.3 Å². The van der Waals surface area contributed by atoms with Gasteiger partial charge in [0.1, 0.15) is 11.3 Å². The largest absolute Gasteiger partial charge is 0.494 e. The molecule has 62 valence electrons. The van der Waals surface area contributed by atoms with Gasteiger partial charge < -0.3 is 9.14 Å². The summed E-state index contributed by atoms with van der Waals surface area (Å²) in [7, 11) is 1.65. The zero-order chi connectivity index (χ0) is 8.55. The Morgan fingerprint density at radius 1 is 1.58 bits per heavy atom. The Balaban J connectivity index is 2.80. The molecule has 2 heterocycles. The van der Waals surface area contributed by atoms with E-state index >= 15 is 0 Å². The molecule has 0 aliphatic rings. The fourth-order valence-electron chi connectivity index (χ4n) is 1.13. The number of pyridine rings is 1. The van der Waals surface area contributed by atoms with Gasteiger partial charge in [0.15, 0.2) is 0 Å². The van der Waals surface area contributed by atoms with Crippen molar-refractivity contribution in [2.75, 3.05) is 7.11 Å². The first-order valence-corrected chi connectivity index (χ1v) is 4.26. The van der Waals surface area contributed by atoms with Gasteiger partial charge in [-0.3, -0.25) is 0 Å². The average Bonchev–Trinajstić information content (AvgIpc) is 2.50.